The van der Waals surface area contributed by atoms with Crippen LogP contribution in [0, 0.1) is 0 Å². The SMILES string of the molecule is CC/C=C\C/C=C\C/C=C\C/C=C\C/C=C\C/C=C\C/C=C\CCCCCCOCC(COP(=O)([O-])OCC[N+](C)(C)C)OC(=O)CCCCCCCC/C=C\C/C=C\C/C=C\CCCCC. The van der Waals surface area contributed by atoms with E-state index in [1.807, 2.05) is 21.1 Å². The number of unbranched alkanes of at least 4 members (excludes halogenated alkanes) is 13. The number of likely N-dealkylation sites (N-methyl/N-ethyl adjacent to an activating group) is 1. The van der Waals surface area contributed by atoms with Crippen molar-refractivity contribution < 1.29 is 37.3 Å². The van der Waals surface area contributed by atoms with Gasteiger partial charge in [-0.15, -0.1) is 0 Å². The zero-order valence-electron chi connectivity index (χ0n) is 43.3. The van der Waals surface area contributed by atoms with E-state index in [-0.39, 0.29) is 32.2 Å². The Hall–Kier alpha value is -3.10. The highest BCUT2D eigenvalue weighted by Gasteiger charge is 2.20. The van der Waals surface area contributed by atoms with Gasteiger partial charge in [0, 0.05) is 13.0 Å². The van der Waals surface area contributed by atoms with E-state index < -0.39 is 13.9 Å². The Morgan fingerprint density at radius 1 is 0.478 bits per heavy atom. The second-order valence-corrected chi connectivity index (χ2v) is 19.6. The lowest BCUT2D eigenvalue weighted by atomic mass is 10.1. The first-order chi connectivity index (χ1) is 32.6. The molecular formula is C58H98NO7P. The van der Waals surface area contributed by atoms with E-state index in [1.165, 1.54) is 38.5 Å². The zero-order valence-corrected chi connectivity index (χ0v) is 44.2. The number of ether oxygens (including phenoxy) is 2. The van der Waals surface area contributed by atoms with Crippen LogP contribution < -0.4 is 4.89 Å². The monoisotopic (exact) mass is 952 g/mol. The highest BCUT2D eigenvalue weighted by Crippen LogP contribution is 2.38. The van der Waals surface area contributed by atoms with E-state index >= 15 is 0 Å². The van der Waals surface area contributed by atoms with Gasteiger partial charge in [-0.2, -0.15) is 0 Å². The van der Waals surface area contributed by atoms with Crippen molar-refractivity contribution in [2.24, 2.45) is 0 Å². The Morgan fingerprint density at radius 3 is 1.30 bits per heavy atom. The molecule has 382 valence electrons. The number of phosphoric ester groups is 1. The molecule has 0 fully saturated rings. The summed E-state index contributed by atoms with van der Waals surface area (Å²) in [7, 11) is 1.31. The number of hydrogen-bond donors (Lipinski definition) is 0. The third kappa shape index (κ3) is 53.7. The van der Waals surface area contributed by atoms with E-state index in [2.05, 4.69) is 135 Å². The summed E-state index contributed by atoms with van der Waals surface area (Å²) in [6.45, 7) is 5.16. The third-order valence-electron chi connectivity index (χ3n) is 10.5. The molecule has 0 aliphatic carbocycles. The second kappa shape index (κ2) is 49.3. The molecule has 0 aliphatic heterocycles. The molecule has 0 rings (SSSR count). The average Bonchev–Trinajstić information content (AvgIpc) is 3.29. The van der Waals surface area contributed by atoms with Crippen LogP contribution in [0.5, 0.6) is 0 Å². The largest absolute Gasteiger partial charge is 0.756 e. The lowest BCUT2D eigenvalue weighted by Crippen LogP contribution is -2.37. The lowest BCUT2D eigenvalue weighted by molar-refractivity contribution is -0.870. The molecule has 0 N–H and O–H groups in total. The van der Waals surface area contributed by atoms with E-state index in [9.17, 15) is 14.3 Å². The Bertz CT molecular complexity index is 1480. The van der Waals surface area contributed by atoms with Crippen LogP contribution >= 0.6 is 7.82 Å². The molecule has 2 atom stereocenters. The summed E-state index contributed by atoms with van der Waals surface area (Å²) >= 11 is 0. The molecule has 8 nitrogen and oxygen atoms in total. The number of rotatable bonds is 47. The second-order valence-electron chi connectivity index (χ2n) is 18.1. The molecule has 2 unspecified atom stereocenters. The summed E-state index contributed by atoms with van der Waals surface area (Å²) < 4.78 is 34.7. The summed E-state index contributed by atoms with van der Waals surface area (Å²) in [5.74, 6) is -0.361. The van der Waals surface area contributed by atoms with E-state index in [1.54, 1.807) is 0 Å². The van der Waals surface area contributed by atoms with E-state index in [0.717, 1.165) is 122 Å². The minimum Gasteiger partial charge on any atom is -0.756 e. The van der Waals surface area contributed by atoms with Crippen LogP contribution in [0.3, 0.4) is 0 Å². The molecule has 0 aromatic carbocycles. The maximum Gasteiger partial charge on any atom is 0.306 e. The van der Waals surface area contributed by atoms with Crippen LogP contribution in [-0.4, -0.2) is 70.7 Å². The summed E-state index contributed by atoms with van der Waals surface area (Å²) in [5, 5.41) is 0. The molecule has 0 amide bonds. The highest BCUT2D eigenvalue weighted by molar-refractivity contribution is 7.45. The van der Waals surface area contributed by atoms with Gasteiger partial charge in [0.1, 0.15) is 19.3 Å². The fourth-order valence-corrected chi connectivity index (χ4v) is 7.20. The molecule has 0 aromatic rings. The van der Waals surface area contributed by atoms with Gasteiger partial charge in [0.05, 0.1) is 34.4 Å². The smallest absolute Gasteiger partial charge is 0.306 e. The zero-order chi connectivity index (χ0) is 49.0. The Balaban J connectivity index is 4.27. The van der Waals surface area contributed by atoms with Crippen LogP contribution in [0.1, 0.15) is 181 Å². The first kappa shape index (κ1) is 63.9. The minimum absolute atomic E-state index is 0.0103. The molecule has 0 saturated heterocycles. The topological polar surface area (TPSA) is 94.1 Å². The van der Waals surface area contributed by atoms with Crippen LogP contribution in [0.2, 0.25) is 0 Å². The molecule has 0 saturated carbocycles. The van der Waals surface area contributed by atoms with Gasteiger partial charge in [0.25, 0.3) is 7.82 Å². The fourth-order valence-electron chi connectivity index (χ4n) is 6.47. The predicted octanol–water partition coefficient (Wildman–Crippen LogP) is 15.9. The van der Waals surface area contributed by atoms with Crippen LogP contribution in [0.15, 0.2) is 122 Å². The fraction of sp³-hybridized carbons (Fsp3) is 0.638. The molecule has 0 spiro atoms. The Morgan fingerprint density at radius 2 is 0.866 bits per heavy atom. The normalized spacial score (nSPS) is 14.5. The van der Waals surface area contributed by atoms with Crippen molar-refractivity contribution >= 4 is 13.8 Å². The Labute approximate surface area is 412 Å². The lowest BCUT2D eigenvalue weighted by Gasteiger charge is -2.28. The number of nitrogens with zero attached hydrogens (tertiary/aromatic N) is 1. The van der Waals surface area contributed by atoms with Gasteiger partial charge >= 0.3 is 5.97 Å². The van der Waals surface area contributed by atoms with Gasteiger partial charge in [-0.05, 0) is 109 Å². The summed E-state index contributed by atoms with van der Waals surface area (Å²) in [6, 6.07) is 0. The number of carbonyl (C=O) groups excluding carboxylic acids is 1. The molecule has 67 heavy (non-hydrogen) atoms. The molecule has 0 radical (unpaired) electrons. The summed E-state index contributed by atoms with van der Waals surface area (Å²) in [4.78, 5) is 25.2. The van der Waals surface area contributed by atoms with Crippen molar-refractivity contribution in [3.8, 4) is 0 Å². The number of carbonyl (C=O) groups is 1. The van der Waals surface area contributed by atoms with Crippen LogP contribution in [0.25, 0.3) is 0 Å². The van der Waals surface area contributed by atoms with E-state index in [0.29, 0.717) is 17.6 Å². The van der Waals surface area contributed by atoms with Gasteiger partial charge < -0.3 is 27.9 Å². The van der Waals surface area contributed by atoms with Crippen LogP contribution in [-0.2, 0) is 27.9 Å². The number of esters is 1. The van der Waals surface area contributed by atoms with E-state index in [4.69, 9.17) is 18.5 Å². The molecule has 0 aromatic heterocycles. The van der Waals surface area contributed by atoms with Gasteiger partial charge in [0.15, 0.2) is 0 Å². The first-order valence-corrected chi connectivity index (χ1v) is 27.7. The van der Waals surface area contributed by atoms with Crippen LogP contribution in [0.4, 0.5) is 0 Å². The number of hydrogen-bond acceptors (Lipinski definition) is 7. The van der Waals surface area contributed by atoms with Crippen molar-refractivity contribution in [1.82, 2.24) is 0 Å². The van der Waals surface area contributed by atoms with Crippen molar-refractivity contribution in [1.29, 1.82) is 0 Å². The van der Waals surface area contributed by atoms with Gasteiger partial charge in [-0.25, -0.2) is 0 Å². The number of allylic oxidation sites excluding steroid dienone is 20. The standard InChI is InChI=1S/C58H98NO7P/c1-6-8-10-12-14-16-18-20-22-24-26-27-28-29-30-31-32-34-36-38-40-42-44-46-48-50-53-63-55-57(56-65-67(61,62)64-54-52-59(3,4)5)66-58(60)51-49-47-45-43-41-39-37-35-33-25-23-21-19-17-15-13-11-9-7-2/h8,10,14-17,20-23,26-27,29-30,32-35,38,40,57H,6-7,9,11-13,18-19,24-25,28,31,36-37,39,41-56H2,1-5H3/b10-8-,16-14-,17-15-,22-20-,23-21-,27-26-,30-29-,34-32-,35-33-,40-38-. The highest BCUT2D eigenvalue weighted by atomic mass is 31.2. The van der Waals surface area contributed by atoms with Gasteiger partial charge in [-0.1, -0.05) is 187 Å². The quantitative estimate of drug-likeness (QED) is 0.0197. The van der Waals surface area contributed by atoms with Gasteiger partial charge in [-0.3, -0.25) is 9.36 Å². The molecule has 0 aliphatic rings. The van der Waals surface area contributed by atoms with Crippen molar-refractivity contribution in [2.45, 2.75) is 187 Å². The summed E-state index contributed by atoms with van der Waals surface area (Å²) in [5.41, 5.74) is 0. The average molecular weight is 952 g/mol. The van der Waals surface area contributed by atoms with Crippen molar-refractivity contribution in [2.75, 3.05) is 54.1 Å². The maximum absolute atomic E-state index is 12.8. The molecule has 0 bridgehead atoms. The first-order valence-electron chi connectivity index (χ1n) is 26.3. The molecular weight excluding hydrogens is 854 g/mol. The maximum atomic E-state index is 12.8. The summed E-state index contributed by atoms with van der Waals surface area (Å²) in [6.07, 6.45) is 70.8. The Kier molecular flexibility index (Phi) is 47.0. The number of quaternary nitrogens is 1. The minimum atomic E-state index is -4.55. The number of phosphoric acid groups is 1. The van der Waals surface area contributed by atoms with Crippen molar-refractivity contribution in [3.63, 3.8) is 0 Å². The third-order valence-corrected chi connectivity index (χ3v) is 11.5. The predicted molar refractivity (Wildman–Crippen MR) is 286 cm³/mol. The van der Waals surface area contributed by atoms with Crippen molar-refractivity contribution in [3.05, 3.63) is 122 Å². The van der Waals surface area contributed by atoms with Gasteiger partial charge in [0.2, 0.25) is 0 Å². The molecule has 9 heteroatoms. The molecule has 0 heterocycles.